The summed E-state index contributed by atoms with van der Waals surface area (Å²) in [7, 11) is 0. The van der Waals surface area contributed by atoms with Crippen molar-refractivity contribution in [1.29, 1.82) is 0 Å². The first-order chi connectivity index (χ1) is 9.10. The predicted molar refractivity (Wildman–Crippen MR) is 84.0 cm³/mol. The van der Waals surface area contributed by atoms with E-state index < -0.39 is 0 Å². The maximum absolute atomic E-state index is 12.8. The van der Waals surface area contributed by atoms with Gasteiger partial charge in [-0.3, -0.25) is 4.79 Å². The number of ether oxygens (including phenoxy) is 1. The van der Waals surface area contributed by atoms with Crippen LogP contribution in [-0.2, 0) is 4.74 Å². The second-order valence-corrected chi connectivity index (χ2v) is 7.66. The largest absolute Gasteiger partial charge is 0.366 e. The van der Waals surface area contributed by atoms with Gasteiger partial charge in [0.15, 0.2) is 0 Å². The van der Waals surface area contributed by atoms with E-state index >= 15 is 0 Å². The van der Waals surface area contributed by atoms with E-state index in [2.05, 4.69) is 15.9 Å². The fraction of sp³-hybridized carbons (Fsp3) is 0.562. The molecule has 1 aromatic rings. The van der Waals surface area contributed by atoms with Crippen LogP contribution in [0.25, 0.3) is 0 Å². The van der Waals surface area contributed by atoms with Gasteiger partial charge in [-0.25, -0.2) is 0 Å². The molecule has 0 saturated carbocycles. The smallest absolute Gasteiger partial charge is 0.254 e. The summed E-state index contributed by atoms with van der Waals surface area (Å²) in [6.07, 6.45) is 0. The Hall–Kier alpha value is -0.870. The van der Waals surface area contributed by atoms with E-state index in [-0.39, 0.29) is 17.1 Å². The van der Waals surface area contributed by atoms with Crippen molar-refractivity contribution in [3.63, 3.8) is 0 Å². The third-order valence-electron chi connectivity index (χ3n) is 3.41. The standard InChI is InChI=1S/C16H22BrNO2/c1-11-6-7-12(17)8-13(11)14(19)18-9-15(2,3)20-16(4,5)10-18/h6-8H,9-10H2,1-5H3. The van der Waals surface area contributed by atoms with Gasteiger partial charge in [0.1, 0.15) is 0 Å². The van der Waals surface area contributed by atoms with E-state index in [1.54, 1.807) is 0 Å². The number of halogens is 1. The molecule has 1 saturated heterocycles. The SMILES string of the molecule is Cc1ccc(Br)cc1C(=O)N1CC(C)(C)OC(C)(C)C1. The third kappa shape index (κ3) is 3.41. The number of carbonyl (C=O) groups is 1. The van der Waals surface area contributed by atoms with Gasteiger partial charge in [0.2, 0.25) is 0 Å². The van der Waals surface area contributed by atoms with Crippen LogP contribution in [0.5, 0.6) is 0 Å². The lowest BCUT2D eigenvalue weighted by atomic mass is 9.97. The first kappa shape index (κ1) is 15.5. The number of amides is 1. The van der Waals surface area contributed by atoms with Crippen molar-refractivity contribution in [2.45, 2.75) is 45.8 Å². The normalized spacial score (nSPS) is 20.8. The molecule has 2 rings (SSSR count). The Kier molecular flexibility index (Phi) is 4.00. The van der Waals surface area contributed by atoms with E-state index in [9.17, 15) is 4.79 Å². The van der Waals surface area contributed by atoms with Crippen molar-refractivity contribution in [2.75, 3.05) is 13.1 Å². The van der Waals surface area contributed by atoms with Crippen LogP contribution < -0.4 is 0 Å². The Morgan fingerprint density at radius 3 is 2.30 bits per heavy atom. The van der Waals surface area contributed by atoms with Gasteiger partial charge in [-0.15, -0.1) is 0 Å². The zero-order valence-electron chi connectivity index (χ0n) is 12.8. The Morgan fingerprint density at radius 1 is 1.20 bits per heavy atom. The summed E-state index contributed by atoms with van der Waals surface area (Å²) >= 11 is 3.44. The molecule has 0 aromatic heterocycles. The van der Waals surface area contributed by atoms with Gasteiger partial charge in [0, 0.05) is 23.1 Å². The molecule has 1 amide bonds. The molecule has 1 fully saturated rings. The number of morpholine rings is 1. The summed E-state index contributed by atoms with van der Waals surface area (Å²) < 4.78 is 6.96. The van der Waals surface area contributed by atoms with Gasteiger partial charge in [0.25, 0.3) is 5.91 Å². The van der Waals surface area contributed by atoms with Crippen molar-refractivity contribution >= 4 is 21.8 Å². The number of rotatable bonds is 1. The lowest BCUT2D eigenvalue weighted by Crippen LogP contribution is -2.58. The molecule has 0 bridgehead atoms. The van der Waals surface area contributed by atoms with Gasteiger partial charge < -0.3 is 9.64 Å². The Labute approximate surface area is 129 Å². The van der Waals surface area contributed by atoms with Crippen molar-refractivity contribution in [3.8, 4) is 0 Å². The molecule has 0 radical (unpaired) electrons. The number of nitrogens with zero attached hydrogens (tertiary/aromatic N) is 1. The highest BCUT2D eigenvalue weighted by Crippen LogP contribution is 2.29. The van der Waals surface area contributed by atoms with Crippen LogP contribution in [0.2, 0.25) is 0 Å². The second-order valence-electron chi connectivity index (χ2n) is 6.74. The van der Waals surface area contributed by atoms with Gasteiger partial charge in [-0.1, -0.05) is 22.0 Å². The predicted octanol–water partition coefficient (Wildman–Crippen LogP) is 3.79. The molecule has 0 atom stereocenters. The number of benzene rings is 1. The summed E-state index contributed by atoms with van der Waals surface area (Å²) in [5, 5.41) is 0. The summed E-state index contributed by atoms with van der Waals surface area (Å²) in [4.78, 5) is 14.7. The highest BCUT2D eigenvalue weighted by Gasteiger charge is 2.40. The lowest BCUT2D eigenvalue weighted by Gasteiger charge is -2.47. The minimum absolute atomic E-state index is 0.0771. The zero-order valence-corrected chi connectivity index (χ0v) is 14.4. The average Bonchev–Trinajstić information content (AvgIpc) is 2.27. The second kappa shape index (κ2) is 5.15. The van der Waals surface area contributed by atoms with E-state index in [0.29, 0.717) is 13.1 Å². The maximum Gasteiger partial charge on any atom is 0.254 e. The van der Waals surface area contributed by atoms with E-state index in [1.165, 1.54) is 0 Å². The molecular formula is C16H22BrNO2. The first-order valence-corrected chi connectivity index (χ1v) is 7.65. The monoisotopic (exact) mass is 339 g/mol. The molecule has 20 heavy (non-hydrogen) atoms. The van der Waals surface area contributed by atoms with Crippen molar-refractivity contribution in [1.82, 2.24) is 4.90 Å². The van der Waals surface area contributed by atoms with Crippen LogP contribution in [-0.4, -0.2) is 35.1 Å². The lowest BCUT2D eigenvalue weighted by molar-refractivity contribution is -0.171. The fourth-order valence-electron chi connectivity index (χ4n) is 2.93. The minimum Gasteiger partial charge on any atom is -0.366 e. The highest BCUT2D eigenvalue weighted by atomic mass is 79.9. The summed E-state index contributed by atoms with van der Waals surface area (Å²) in [5.41, 5.74) is 1.11. The number of carbonyl (C=O) groups excluding carboxylic acids is 1. The van der Waals surface area contributed by atoms with Crippen LogP contribution in [0.3, 0.4) is 0 Å². The molecule has 0 aliphatic carbocycles. The van der Waals surface area contributed by atoms with Crippen LogP contribution in [0.1, 0.15) is 43.6 Å². The fourth-order valence-corrected chi connectivity index (χ4v) is 3.29. The first-order valence-electron chi connectivity index (χ1n) is 6.85. The molecule has 1 aromatic carbocycles. The third-order valence-corrected chi connectivity index (χ3v) is 3.91. The molecule has 3 nitrogen and oxygen atoms in total. The van der Waals surface area contributed by atoms with Crippen LogP contribution >= 0.6 is 15.9 Å². The quantitative estimate of drug-likeness (QED) is 0.779. The van der Waals surface area contributed by atoms with Gasteiger partial charge in [-0.05, 0) is 52.3 Å². The van der Waals surface area contributed by atoms with E-state index in [0.717, 1.165) is 15.6 Å². The summed E-state index contributed by atoms with van der Waals surface area (Å²) in [5.74, 6) is 0.0771. The molecule has 0 unspecified atom stereocenters. The molecule has 0 N–H and O–H groups in total. The number of hydrogen-bond acceptors (Lipinski definition) is 2. The average molecular weight is 340 g/mol. The molecule has 110 valence electrons. The summed E-state index contributed by atoms with van der Waals surface area (Å²) in [6, 6.07) is 5.82. The van der Waals surface area contributed by atoms with Crippen LogP contribution in [0, 0.1) is 6.92 Å². The molecule has 4 heteroatoms. The Bertz CT molecular complexity index is 521. The van der Waals surface area contributed by atoms with Gasteiger partial charge in [0.05, 0.1) is 11.2 Å². The van der Waals surface area contributed by atoms with Crippen LogP contribution in [0.4, 0.5) is 0 Å². The Balaban J connectivity index is 2.31. The maximum atomic E-state index is 12.8. The van der Waals surface area contributed by atoms with Crippen molar-refractivity contribution in [3.05, 3.63) is 33.8 Å². The molecule has 1 aliphatic rings. The minimum atomic E-state index is -0.322. The van der Waals surface area contributed by atoms with Gasteiger partial charge in [-0.2, -0.15) is 0 Å². The molecular weight excluding hydrogens is 318 g/mol. The summed E-state index contributed by atoms with van der Waals surface area (Å²) in [6.45, 7) is 11.3. The zero-order chi connectivity index (χ0) is 15.1. The Morgan fingerprint density at radius 2 is 1.75 bits per heavy atom. The van der Waals surface area contributed by atoms with Crippen LogP contribution in [0.15, 0.2) is 22.7 Å². The topological polar surface area (TPSA) is 29.5 Å². The number of hydrogen-bond donors (Lipinski definition) is 0. The van der Waals surface area contributed by atoms with E-state index in [4.69, 9.17) is 4.74 Å². The number of aryl methyl sites for hydroxylation is 1. The van der Waals surface area contributed by atoms with Gasteiger partial charge >= 0.3 is 0 Å². The molecule has 1 heterocycles. The van der Waals surface area contributed by atoms with Crippen molar-refractivity contribution in [2.24, 2.45) is 0 Å². The highest BCUT2D eigenvalue weighted by molar-refractivity contribution is 9.10. The van der Waals surface area contributed by atoms with E-state index in [1.807, 2.05) is 57.7 Å². The van der Waals surface area contributed by atoms with Crippen molar-refractivity contribution < 1.29 is 9.53 Å². The molecule has 1 aliphatic heterocycles. The molecule has 0 spiro atoms.